The number of hydrogen-bond donors (Lipinski definition) is 4. The number of nitrogens with zero attached hydrogens (tertiary/aromatic N) is 4. The van der Waals surface area contributed by atoms with E-state index in [1.807, 2.05) is 4.57 Å². The Morgan fingerprint density at radius 2 is 1.82 bits per heavy atom. The van der Waals surface area contributed by atoms with Gasteiger partial charge in [-0.05, 0) is 57.1 Å². The minimum Gasteiger partial charge on any atom is -0.391 e. The molecule has 2 aromatic heterocycles. The summed E-state index contributed by atoms with van der Waals surface area (Å²) in [6.07, 6.45) is 6.81. The number of para-hydroxylation sites is 1. The van der Waals surface area contributed by atoms with E-state index < -0.39 is 6.10 Å². The van der Waals surface area contributed by atoms with Gasteiger partial charge < -0.3 is 21.5 Å². The third-order valence-corrected chi connectivity index (χ3v) is 7.52. The van der Waals surface area contributed by atoms with Crippen LogP contribution in [-0.4, -0.2) is 42.7 Å². The van der Waals surface area contributed by atoms with Crippen LogP contribution in [0.25, 0.3) is 11.2 Å². The number of aromatic nitrogens is 4. The Bertz CT molecular complexity index is 1190. The number of nitrogens with one attached hydrogen (secondary N) is 2. The van der Waals surface area contributed by atoms with Crippen molar-refractivity contribution in [1.82, 2.24) is 19.5 Å². The number of carbonyl (C=O) groups excluding carboxylic acids is 1. The maximum Gasteiger partial charge on any atom is 0.225 e. The van der Waals surface area contributed by atoms with Crippen LogP contribution in [0.1, 0.15) is 51.0 Å². The zero-order valence-electron chi connectivity index (χ0n) is 18.5. The second-order valence-corrected chi connectivity index (χ2v) is 9.90. The largest absolute Gasteiger partial charge is 0.391 e. The van der Waals surface area contributed by atoms with Gasteiger partial charge >= 0.3 is 0 Å². The summed E-state index contributed by atoms with van der Waals surface area (Å²) in [6, 6.07) is 5.29. The van der Waals surface area contributed by atoms with Gasteiger partial charge in [0, 0.05) is 12.0 Å². The average Bonchev–Trinajstić information content (AvgIpc) is 3.39. The van der Waals surface area contributed by atoms with Crippen molar-refractivity contribution in [3.05, 3.63) is 34.4 Å². The second kappa shape index (κ2) is 9.56. The number of benzene rings is 1. The van der Waals surface area contributed by atoms with Crippen molar-refractivity contribution in [2.24, 2.45) is 11.7 Å². The molecule has 0 radical (unpaired) electrons. The molecule has 2 aliphatic rings. The van der Waals surface area contributed by atoms with Gasteiger partial charge in [-0.1, -0.05) is 29.3 Å². The maximum absolute atomic E-state index is 11.7. The number of nitrogens with two attached hydrogens (primary N) is 1. The number of aliphatic hydroxyl groups excluding tert-OH is 1. The van der Waals surface area contributed by atoms with Gasteiger partial charge in [0.1, 0.15) is 5.52 Å². The summed E-state index contributed by atoms with van der Waals surface area (Å²) in [6.45, 7) is 0. The standard InChI is InChI=1S/C23H27Cl2N7O2/c24-14-3-1-4-15(25)19(14)30-23-29-17-11-27-22(28-16-5-2-6-18(16)33)31-21(17)32(23)13-9-7-12(8-10-13)20(26)34/h1,3-4,11-13,16,18,33H,2,5-10H2,(H2,26,34)(H,29,30)(H,27,28,31)/t12-,13+,16-,18-/m1/s1. The SMILES string of the molecule is NC(=O)[C@H]1CC[C@@H](n2c(Nc3c(Cl)cccc3Cl)nc3cnc(N[C@@H]4CCC[C@H]4O)nc32)CC1. The van der Waals surface area contributed by atoms with Gasteiger partial charge in [0.15, 0.2) is 5.65 Å². The molecule has 0 bridgehead atoms. The van der Waals surface area contributed by atoms with E-state index in [1.54, 1.807) is 24.4 Å². The first-order valence-electron chi connectivity index (χ1n) is 11.6. The molecule has 1 aromatic carbocycles. The number of fused-ring (bicyclic) bond motifs is 1. The normalized spacial score (nSPS) is 24.9. The number of primary amides is 1. The van der Waals surface area contributed by atoms with E-state index in [9.17, 15) is 9.90 Å². The van der Waals surface area contributed by atoms with E-state index in [2.05, 4.69) is 15.6 Å². The highest BCUT2D eigenvalue weighted by Crippen LogP contribution is 2.39. The van der Waals surface area contributed by atoms with E-state index in [0.29, 0.717) is 51.6 Å². The minimum absolute atomic E-state index is 0.0594. The molecule has 5 rings (SSSR count). The van der Waals surface area contributed by atoms with Crippen LogP contribution < -0.4 is 16.4 Å². The predicted octanol–water partition coefficient (Wildman–Crippen LogP) is 4.42. The molecule has 9 nitrogen and oxygen atoms in total. The zero-order chi connectivity index (χ0) is 23.8. The number of halogens is 2. The predicted molar refractivity (Wildman–Crippen MR) is 133 cm³/mol. The molecule has 3 aromatic rings. The molecule has 0 aliphatic heterocycles. The molecule has 2 saturated carbocycles. The van der Waals surface area contributed by atoms with Gasteiger partial charge in [-0.2, -0.15) is 4.98 Å². The highest BCUT2D eigenvalue weighted by atomic mass is 35.5. The monoisotopic (exact) mass is 503 g/mol. The molecule has 5 N–H and O–H groups in total. The van der Waals surface area contributed by atoms with Crippen molar-refractivity contribution in [3.8, 4) is 0 Å². The first-order chi connectivity index (χ1) is 16.4. The number of anilines is 3. The van der Waals surface area contributed by atoms with Gasteiger partial charge in [-0.25, -0.2) is 9.97 Å². The Morgan fingerprint density at radius 3 is 2.47 bits per heavy atom. The summed E-state index contributed by atoms with van der Waals surface area (Å²) in [4.78, 5) is 25.6. The Balaban J connectivity index is 1.53. The molecule has 180 valence electrons. The van der Waals surface area contributed by atoms with E-state index in [-0.39, 0.29) is 23.9 Å². The number of rotatable bonds is 6. The van der Waals surface area contributed by atoms with Crippen molar-refractivity contribution in [2.75, 3.05) is 10.6 Å². The van der Waals surface area contributed by atoms with E-state index >= 15 is 0 Å². The van der Waals surface area contributed by atoms with Gasteiger partial charge in [0.2, 0.25) is 17.8 Å². The van der Waals surface area contributed by atoms with Crippen LogP contribution in [0.5, 0.6) is 0 Å². The van der Waals surface area contributed by atoms with Crippen molar-refractivity contribution < 1.29 is 9.90 Å². The molecule has 0 spiro atoms. The second-order valence-electron chi connectivity index (χ2n) is 9.09. The fourth-order valence-corrected chi connectivity index (χ4v) is 5.51. The van der Waals surface area contributed by atoms with Gasteiger partial charge in [0.25, 0.3) is 0 Å². The van der Waals surface area contributed by atoms with Crippen LogP contribution in [-0.2, 0) is 4.79 Å². The Morgan fingerprint density at radius 1 is 1.09 bits per heavy atom. The molecular formula is C23H27Cl2N7O2. The van der Waals surface area contributed by atoms with Gasteiger partial charge in [-0.15, -0.1) is 0 Å². The third-order valence-electron chi connectivity index (χ3n) is 6.89. The Labute approximate surface area is 207 Å². The molecule has 2 heterocycles. The molecule has 1 amide bonds. The average molecular weight is 504 g/mol. The van der Waals surface area contributed by atoms with Crippen molar-refractivity contribution in [1.29, 1.82) is 0 Å². The Kier molecular flexibility index (Phi) is 6.50. The molecule has 0 saturated heterocycles. The van der Waals surface area contributed by atoms with Crippen LogP contribution in [0.15, 0.2) is 24.4 Å². The lowest BCUT2D eigenvalue weighted by Crippen LogP contribution is -2.29. The van der Waals surface area contributed by atoms with Crippen LogP contribution in [0.3, 0.4) is 0 Å². The molecular weight excluding hydrogens is 477 g/mol. The molecule has 2 fully saturated rings. The van der Waals surface area contributed by atoms with E-state index in [1.165, 1.54) is 0 Å². The number of aliphatic hydroxyl groups is 1. The van der Waals surface area contributed by atoms with Gasteiger partial charge in [0.05, 0.1) is 34.1 Å². The Hall–Kier alpha value is -2.62. The van der Waals surface area contributed by atoms with Crippen LogP contribution in [0.2, 0.25) is 10.0 Å². The topological polar surface area (TPSA) is 131 Å². The molecule has 0 unspecified atom stereocenters. The van der Waals surface area contributed by atoms with Crippen LogP contribution in [0, 0.1) is 5.92 Å². The fourth-order valence-electron chi connectivity index (χ4n) is 5.02. The van der Waals surface area contributed by atoms with Crippen molar-refractivity contribution in [2.45, 2.75) is 63.1 Å². The molecule has 2 aliphatic carbocycles. The van der Waals surface area contributed by atoms with Gasteiger partial charge in [-0.3, -0.25) is 9.36 Å². The van der Waals surface area contributed by atoms with Crippen LogP contribution >= 0.6 is 23.2 Å². The fraction of sp³-hybridized carbons (Fsp3) is 0.478. The lowest BCUT2D eigenvalue weighted by molar-refractivity contribution is -0.122. The first kappa shape index (κ1) is 23.1. The molecule has 2 atom stereocenters. The third kappa shape index (κ3) is 4.52. The summed E-state index contributed by atoms with van der Waals surface area (Å²) in [5, 5.41) is 17.7. The highest BCUT2D eigenvalue weighted by molar-refractivity contribution is 6.39. The summed E-state index contributed by atoms with van der Waals surface area (Å²) < 4.78 is 2.05. The lowest BCUT2D eigenvalue weighted by Gasteiger charge is -2.29. The summed E-state index contributed by atoms with van der Waals surface area (Å²) in [7, 11) is 0. The first-order valence-corrected chi connectivity index (χ1v) is 12.4. The van der Waals surface area contributed by atoms with Crippen molar-refractivity contribution in [3.63, 3.8) is 0 Å². The molecule has 11 heteroatoms. The maximum atomic E-state index is 11.7. The number of hydrogen-bond acceptors (Lipinski definition) is 7. The summed E-state index contributed by atoms with van der Waals surface area (Å²) >= 11 is 12.8. The van der Waals surface area contributed by atoms with E-state index in [0.717, 1.165) is 32.1 Å². The number of amides is 1. The number of carbonyl (C=O) groups is 1. The highest BCUT2D eigenvalue weighted by Gasteiger charge is 2.30. The quantitative estimate of drug-likeness (QED) is 0.391. The lowest BCUT2D eigenvalue weighted by atomic mass is 9.85. The summed E-state index contributed by atoms with van der Waals surface area (Å²) in [5.41, 5.74) is 7.40. The molecule has 34 heavy (non-hydrogen) atoms. The van der Waals surface area contributed by atoms with E-state index in [4.69, 9.17) is 38.9 Å². The zero-order valence-corrected chi connectivity index (χ0v) is 20.1. The minimum atomic E-state index is -0.409. The van der Waals surface area contributed by atoms with Crippen LogP contribution in [0.4, 0.5) is 17.6 Å². The number of imidazole rings is 1. The summed E-state index contributed by atoms with van der Waals surface area (Å²) in [5.74, 6) is 0.642. The van der Waals surface area contributed by atoms with Crippen molar-refractivity contribution >= 4 is 57.9 Å². The smallest absolute Gasteiger partial charge is 0.225 e.